The monoisotopic (exact) mass is 293 g/mol. The van der Waals surface area contributed by atoms with Gasteiger partial charge in [-0.1, -0.05) is 0 Å². The molecule has 0 saturated carbocycles. The van der Waals surface area contributed by atoms with Crippen LogP contribution in [0.3, 0.4) is 0 Å². The van der Waals surface area contributed by atoms with Gasteiger partial charge in [0.2, 0.25) is 5.91 Å². The summed E-state index contributed by atoms with van der Waals surface area (Å²) in [5, 5.41) is 0. The average molecular weight is 294 g/mol. The lowest BCUT2D eigenvalue weighted by atomic mass is 10.1. The summed E-state index contributed by atoms with van der Waals surface area (Å²) >= 11 is 0. The topological polar surface area (TPSA) is 29.5 Å². The van der Waals surface area contributed by atoms with Crippen LogP contribution in [0.2, 0.25) is 0 Å². The van der Waals surface area contributed by atoms with Gasteiger partial charge in [-0.3, -0.25) is 9.69 Å². The molecule has 5 heteroatoms. The normalized spacial score (nSPS) is 12.9. The molecule has 2 aromatic carbocycles. The van der Waals surface area contributed by atoms with Crippen LogP contribution in [0.4, 0.5) is 15.8 Å². The Morgan fingerprint density at radius 3 is 2.50 bits per heavy atom. The van der Waals surface area contributed by atoms with Crippen LogP contribution in [0.5, 0.6) is 5.75 Å². The van der Waals surface area contributed by atoms with E-state index in [4.69, 9.17) is 4.74 Å². The molecule has 0 N–H and O–H groups in total. The number of amides is 1. The number of hydrogen-bond acceptors (Lipinski definition) is 2. The van der Waals surface area contributed by atoms with Gasteiger partial charge >= 0.3 is 0 Å². The minimum absolute atomic E-state index is 0. The number of methoxy groups -OCH3 is 1. The Morgan fingerprint density at radius 2 is 1.85 bits per heavy atom. The van der Waals surface area contributed by atoms with E-state index in [1.807, 2.05) is 18.2 Å². The fraction of sp³-hybridized carbons (Fsp3) is 0.133. The maximum absolute atomic E-state index is 12.9. The van der Waals surface area contributed by atoms with Gasteiger partial charge in [0, 0.05) is 5.69 Å². The van der Waals surface area contributed by atoms with Crippen LogP contribution in [0.1, 0.15) is 5.56 Å². The van der Waals surface area contributed by atoms with Gasteiger partial charge in [-0.25, -0.2) is 4.39 Å². The van der Waals surface area contributed by atoms with Gasteiger partial charge in [0.1, 0.15) is 11.6 Å². The second-order valence-corrected chi connectivity index (χ2v) is 4.38. The van der Waals surface area contributed by atoms with Gasteiger partial charge in [-0.05, 0) is 48.0 Å². The first-order chi connectivity index (χ1) is 9.19. The SMILES string of the molecule is COc1ccc2c(c1)CC(=O)N2c1ccc(F)cc1.Cl. The zero-order chi connectivity index (χ0) is 13.4. The molecule has 1 amide bonds. The van der Waals surface area contributed by atoms with Crippen LogP contribution in [-0.4, -0.2) is 13.0 Å². The number of carbonyl (C=O) groups is 1. The van der Waals surface area contributed by atoms with E-state index >= 15 is 0 Å². The maximum Gasteiger partial charge on any atom is 0.236 e. The lowest BCUT2D eigenvalue weighted by Gasteiger charge is -2.17. The number of ether oxygens (including phenoxy) is 1. The van der Waals surface area contributed by atoms with E-state index in [2.05, 4.69) is 0 Å². The third kappa shape index (κ3) is 2.34. The summed E-state index contributed by atoms with van der Waals surface area (Å²) < 4.78 is 18.1. The zero-order valence-electron chi connectivity index (χ0n) is 10.8. The smallest absolute Gasteiger partial charge is 0.236 e. The van der Waals surface area contributed by atoms with Crippen molar-refractivity contribution in [3.8, 4) is 5.75 Å². The third-order valence-electron chi connectivity index (χ3n) is 3.20. The lowest BCUT2D eigenvalue weighted by molar-refractivity contribution is -0.116. The quantitative estimate of drug-likeness (QED) is 0.848. The second kappa shape index (κ2) is 5.51. The fourth-order valence-electron chi connectivity index (χ4n) is 2.30. The number of benzene rings is 2. The predicted octanol–water partition coefficient (Wildman–Crippen LogP) is 3.48. The summed E-state index contributed by atoms with van der Waals surface area (Å²) in [6.07, 6.45) is 0.337. The third-order valence-corrected chi connectivity index (χ3v) is 3.20. The van der Waals surface area contributed by atoms with Crippen LogP contribution in [0, 0.1) is 5.82 Å². The molecular weight excluding hydrogens is 281 g/mol. The molecular formula is C15H13ClFNO2. The highest BCUT2D eigenvalue weighted by molar-refractivity contribution is 6.07. The second-order valence-electron chi connectivity index (χ2n) is 4.38. The Labute approximate surface area is 122 Å². The Bertz CT molecular complexity index is 643. The number of halogens is 2. The van der Waals surface area contributed by atoms with Crippen molar-refractivity contribution < 1.29 is 13.9 Å². The summed E-state index contributed by atoms with van der Waals surface area (Å²) in [6, 6.07) is 11.4. The van der Waals surface area contributed by atoms with Crippen molar-refractivity contribution in [2.24, 2.45) is 0 Å². The van der Waals surface area contributed by atoms with E-state index in [9.17, 15) is 9.18 Å². The van der Waals surface area contributed by atoms with E-state index in [-0.39, 0.29) is 24.1 Å². The van der Waals surface area contributed by atoms with E-state index in [0.717, 1.165) is 17.0 Å². The Kier molecular flexibility index (Phi) is 3.95. The first-order valence-corrected chi connectivity index (χ1v) is 5.94. The van der Waals surface area contributed by atoms with E-state index in [1.165, 1.54) is 12.1 Å². The predicted molar refractivity (Wildman–Crippen MR) is 77.5 cm³/mol. The highest BCUT2D eigenvalue weighted by Crippen LogP contribution is 2.37. The van der Waals surface area contributed by atoms with Crippen LogP contribution < -0.4 is 9.64 Å². The zero-order valence-corrected chi connectivity index (χ0v) is 11.6. The Morgan fingerprint density at radius 1 is 1.15 bits per heavy atom. The van der Waals surface area contributed by atoms with Crippen LogP contribution in [0.15, 0.2) is 42.5 Å². The summed E-state index contributed by atoms with van der Waals surface area (Å²) in [4.78, 5) is 13.7. The molecule has 1 heterocycles. The van der Waals surface area contributed by atoms with Gasteiger partial charge in [-0.2, -0.15) is 0 Å². The van der Waals surface area contributed by atoms with Crippen molar-refractivity contribution in [2.75, 3.05) is 12.0 Å². The van der Waals surface area contributed by atoms with Crippen molar-refractivity contribution in [1.82, 2.24) is 0 Å². The van der Waals surface area contributed by atoms with Crippen LogP contribution in [-0.2, 0) is 11.2 Å². The largest absolute Gasteiger partial charge is 0.497 e. The lowest BCUT2D eigenvalue weighted by Crippen LogP contribution is -2.20. The molecule has 104 valence electrons. The Balaban J connectivity index is 0.00000147. The van der Waals surface area contributed by atoms with Gasteiger partial charge in [0.25, 0.3) is 0 Å². The summed E-state index contributed by atoms with van der Waals surface area (Å²) in [7, 11) is 1.59. The first kappa shape index (κ1) is 14.3. The molecule has 0 aliphatic carbocycles. The summed E-state index contributed by atoms with van der Waals surface area (Å²) in [6.45, 7) is 0. The minimum atomic E-state index is -0.314. The number of anilines is 2. The highest BCUT2D eigenvalue weighted by Gasteiger charge is 2.28. The molecule has 0 unspecified atom stereocenters. The van der Waals surface area contributed by atoms with E-state index in [1.54, 1.807) is 24.1 Å². The van der Waals surface area contributed by atoms with Crippen molar-refractivity contribution in [3.63, 3.8) is 0 Å². The summed E-state index contributed by atoms with van der Waals surface area (Å²) in [5.74, 6) is 0.396. The molecule has 3 nitrogen and oxygen atoms in total. The molecule has 3 rings (SSSR count). The molecule has 0 aromatic heterocycles. The van der Waals surface area contributed by atoms with Crippen molar-refractivity contribution in [1.29, 1.82) is 0 Å². The Hall–Kier alpha value is -2.07. The number of fused-ring (bicyclic) bond motifs is 1. The molecule has 2 aromatic rings. The van der Waals surface area contributed by atoms with Crippen molar-refractivity contribution in [2.45, 2.75) is 6.42 Å². The molecule has 0 atom stereocenters. The molecule has 0 radical (unpaired) electrons. The van der Waals surface area contributed by atoms with Gasteiger partial charge in [-0.15, -0.1) is 12.4 Å². The first-order valence-electron chi connectivity index (χ1n) is 5.94. The van der Waals surface area contributed by atoms with Gasteiger partial charge < -0.3 is 4.74 Å². The molecule has 0 fully saturated rings. The number of rotatable bonds is 2. The van der Waals surface area contributed by atoms with Gasteiger partial charge in [0.05, 0.1) is 19.2 Å². The number of carbonyl (C=O) groups excluding carboxylic acids is 1. The number of hydrogen-bond donors (Lipinski definition) is 0. The molecule has 1 aliphatic rings. The molecule has 1 aliphatic heterocycles. The fourth-order valence-corrected chi connectivity index (χ4v) is 2.30. The standard InChI is InChI=1S/C15H12FNO2.ClH/c1-19-13-6-7-14-10(8-13)9-15(18)17(14)12-4-2-11(16)3-5-12;/h2-8H,9H2,1H3;1H. The molecule has 20 heavy (non-hydrogen) atoms. The van der Waals surface area contributed by atoms with Crippen molar-refractivity contribution >= 4 is 29.7 Å². The highest BCUT2D eigenvalue weighted by atomic mass is 35.5. The molecule has 0 saturated heterocycles. The van der Waals surface area contributed by atoms with E-state index < -0.39 is 0 Å². The van der Waals surface area contributed by atoms with Crippen LogP contribution in [0.25, 0.3) is 0 Å². The van der Waals surface area contributed by atoms with Crippen molar-refractivity contribution in [3.05, 3.63) is 53.8 Å². The maximum atomic E-state index is 12.9. The average Bonchev–Trinajstić information content (AvgIpc) is 2.74. The van der Waals surface area contributed by atoms with E-state index in [0.29, 0.717) is 12.1 Å². The summed E-state index contributed by atoms with van der Waals surface area (Å²) in [5.41, 5.74) is 2.43. The molecule has 0 spiro atoms. The minimum Gasteiger partial charge on any atom is -0.497 e. The van der Waals surface area contributed by atoms with Crippen LogP contribution >= 0.6 is 12.4 Å². The number of nitrogens with zero attached hydrogens (tertiary/aromatic N) is 1. The van der Waals surface area contributed by atoms with Gasteiger partial charge in [0.15, 0.2) is 0 Å². The molecule has 0 bridgehead atoms.